The van der Waals surface area contributed by atoms with E-state index in [4.69, 9.17) is 0 Å². The van der Waals surface area contributed by atoms with Crippen molar-refractivity contribution in [3.63, 3.8) is 0 Å². The molecule has 0 spiro atoms. The summed E-state index contributed by atoms with van der Waals surface area (Å²) < 4.78 is 2.07. The Hall–Kier alpha value is -2.40. The lowest BCUT2D eigenvalue weighted by molar-refractivity contribution is -0.119. The topological polar surface area (TPSA) is 47.8 Å². The van der Waals surface area contributed by atoms with Crippen molar-refractivity contribution >= 4 is 17.5 Å². The van der Waals surface area contributed by atoms with E-state index in [1.54, 1.807) is 11.8 Å². The van der Waals surface area contributed by atoms with Gasteiger partial charge in [-0.3, -0.25) is 9.36 Å². The first-order chi connectivity index (χ1) is 12.7. The van der Waals surface area contributed by atoms with Crippen LogP contribution in [0.3, 0.4) is 0 Å². The van der Waals surface area contributed by atoms with E-state index in [-0.39, 0.29) is 5.25 Å². The van der Waals surface area contributed by atoms with Crippen LogP contribution in [0.5, 0.6) is 0 Å². The van der Waals surface area contributed by atoms with E-state index in [1.807, 2.05) is 30.3 Å². The summed E-state index contributed by atoms with van der Waals surface area (Å²) >= 11 is 1.55. The van der Waals surface area contributed by atoms with Gasteiger partial charge in [0, 0.05) is 17.7 Å². The number of carbonyl (C=O) groups excluding carboxylic acids is 1. The molecule has 1 aliphatic carbocycles. The van der Waals surface area contributed by atoms with Crippen LogP contribution in [0.15, 0.2) is 59.8 Å². The van der Waals surface area contributed by atoms with Crippen molar-refractivity contribution < 1.29 is 4.79 Å². The van der Waals surface area contributed by atoms with E-state index in [1.165, 1.54) is 5.56 Å². The highest BCUT2D eigenvalue weighted by Crippen LogP contribution is 2.34. The summed E-state index contributed by atoms with van der Waals surface area (Å²) in [4.78, 5) is 12.3. The minimum atomic E-state index is -0.0132. The normalized spacial score (nSPS) is 17.4. The van der Waals surface area contributed by atoms with Crippen LogP contribution in [0.4, 0.5) is 0 Å². The number of rotatable bonds is 4. The van der Waals surface area contributed by atoms with Crippen LogP contribution in [0, 0.1) is 6.92 Å². The van der Waals surface area contributed by atoms with E-state index in [9.17, 15) is 4.79 Å². The van der Waals surface area contributed by atoms with Gasteiger partial charge >= 0.3 is 0 Å². The molecule has 1 heterocycles. The predicted octanol–water partition coefficient (Wildman–Crippen LogP) is 4.85. The number of nitrogens with zero attached hydrogens (tertiary/aromatic N) is 3. The maximum Gasteiger partial charge on any atom is 0.196 e. The second-order valence-electron chi connectivity index (χ2n) is 6.66. The summed E-state index contributed by atoms with van der Waals surface area (Å²) in [5, 5.41) is 9.67. The van der Waals surface area contributed by atoms with Crippen LogP contribution in [-0.2, 0) is 4.79 Å². The molecule has 0 amide bonds. The van der Waals surface area contributed by atoms with E-state index in [0.29, 0.717) is 12.2 Å². The van der Waals surface area contributed by atoms with Crippen molar-refractivity contribution in [3.8, 4) is 17.1 Å². The summed E-state index contributed by atoms with van der Waals surface area (Å²) in [5.74, 6) is 1.14. The molecule has 1 saturated carbocycles. The van der Waals surface area contributed by atoms with Gasteiger partial charge in [0.1, 0.15) is 5.78 Å². The highest BCUT2D eigenvalue weighted by Gasteiger charge is 2.26. The number of thioether (sulfide) groups is 1. The fourth-order valence-electron chi connectivity index (χ4n) is 3.25. The molecular weight excluding hydrogens is 342 g/mol. The van der Waals surface area contributed by atoms with Gasteiger partial charge < -0.3 is 0 Å². The Morgan fingerprint density at radius 3 is 2.50 bits per heavy atom. The van der Waals surface area contributed by atoms with E-state index in [0.717, 1.165) is 41.5 Å². The molecular formula is C21H21N3OS. The third-order valence-electron chi connectivity index (χ3n) is 4.70. The Balaban J connectivity index is 1.77. The van der Waals surface area contributed by atoms with Gasteiger partial charge in [-0.15, -0.1) is 10.2 Å². The molecule has 0 N–H and O–H groups in total. The number of carbonyl (C=O) groups is 1. The molecule has 1 atom stereocenters. The average molecular weight is 363 g/mol. The van der Waals surface area contributed by atoms with Crippen LogP contribution < -0.4 is 0 Å². The molecule has 26 heavy (non-hydrogen) atoms. The smallest absolute Gasteiger partial charge is 0.196 e. The minimum Gasteiger partial charge on any atom is -0.298 e. The highest BCUT2D eigenvalue weighted by atomic mass is 32.2. The quantitative estimate of drug-likeness (QED) is 0.665. The number of hydrogen-bond acceptors (Lipinski definition) is 4. The molecule has 0 unspecified atom stereocenters. The SMILES string of the molecule is Cc1ccc(-n2c(S[C@H]3CCCCC3=O)nnc2-c2ccccc2)cc1. The molecule has 1 fully saturated rings. The maximum atomic E-state index is 12.3. The molecule has 2 aromatic carbocycles. The van der Waals surface area contributed by atoms with Gasteiger partial charge in [0.2, 0.25) is 0 Å². The maximum absolute atomic E-state index is 12.3. The zero-order chi connectivity index (χ0) is 17.9. The van der Waals surface area contributed by atoms with Crippen LogP contribution in [0.2, 0.25) is 0 Å². The van der Waals surface area contributed by atoms with E-state index in [2.05, 4.69) is 46.0 Å². The fraction of sp³-hybridized carbons (Fsp3) is 0.286. The van der Waals surface area contributed by atoms with Crippen molar-refractivity contribution in [3.05, 3.63) is 60.2 Å². The van der Waals surface area contributed by atoms with Crippen LogP contribution in [-0.4, -0.2) is 25.8 Å². The zero-order valence-corrected chi connectivity index (χ0v) is 15.6. The first-order valence-corrected chi connectivity index (χ1v) is 9.87. The average Bonchev–Trinajstić information content (AvgIpc) is 3.09. The van der Waals surface area contributed by atoms with Gasteiger partial charge in [-0.05, 0) is 31.9 Å². The molecule has 1 aliphatic rings. The van der Waals surface area contributed by atoms with Crippen molar-refractivity contribution in [1.82, 2.24) is 14.8 Å². The molecule has 4 nitrogen and oxygen atoms in total. The summed E-state index contributed by atoms with van der Waals surface area (Å²) in [6.07, 6.45) is 3.72. The van der Waals surface area contributed by atoms with Crippen molar-refractivity contribution in [2.75, 3.05) is 0 Å². The number of aryl methyl sites for hydroxylation is 1. The Kier molecular flexibility index (Phi) is 4.89. The lowest BCUT2D eigenvalue weighted by Gasteiger charge is -2.20. The standard InChI is InChI=1S/C21H21N3OS/c1-15-11-13-17(14-12-15)24-20(16-7-3-2-4-8-16)22-23-21(24)26-19-10-6-5-9-18(19)25/h2-4,7-8,11-14,19H,5-6,9-10H2,1H3/t19-/m0/s1. The number of Topliss-reactive ketones (excluding diaryl/α,β-unsaturated/α-hetero) is 1. The van der Waals surface area contributed by atoms with E-state index < -0.39 is 0 Å². The molecule has 3 aromatic rings. The molecule has 4 rings (SSSR count). The van der Waals surface area contributed by atoms with Gasteiger partial charge in [0.15, 0.2) is 11.0 Å². The highest BCUT2D eigenvalue weighted by molar-refractivity contribution is 8.00. The zero-order valence-electron chi connectivity index (χ0n) is 14.8. The molecule has 0 bridgehead atoms. The van der Waals surface area contributed by atoms with Crippen LogP contribution >= 0.6 is 11.8 Å². The Labute approximate surface area is 157 Å². The van der Waals surface area contributed by atoms with Gasteiger partial charge in [-0.2, -0.15) is 0 Å². The summed E-state index contributed by atoms with van der Waals surface area (Å²) in [6.45, 7) is 2.07. The molecule has 5 heteroatoms. The molecule has 0 aliphatic heterocycles. The number of benzene rings is 2. The lowest BCUT2D eigenvalue weighted by Crippen LogP contribution is -2.21. The molecule has 0 saturated heterocycles. The minimum absolute atomic E-state index is 0.0132. The molecule has 1 aromatic heterocycles. The second-order valence-corrected chi connectivity index (χ2v) is 7.83. The summed E-state index contributed by atoms with van der Waals surface area (Å²) in [7, 11) is 0. The summed E-state index contributed by atoms with van der Waals surface area (Å²) in [6, 6.07) is 18.4. The third kappa shape index (κ3) is 3.44. The Morgan fingerprint density at radius 1 is 1.00 bits per heavy atom. The molecule has 0 radical (unpaired) electrons. The number of aromatic nitrogens is 3. The summed E-state index contributed by atoms with van der Waals surface area (Å²) in [5.41, 5.74) is 3.24. The third-order valence-corrected chi connectivity index (χ3v) is 5.96. The first kappa shape index (κ1) is 17.0. The largest absolute Gasteiger partial charge is 0.298 e. The Morgan fingerprint density at radius 2 is 1.77 bits per heavy atom. The van der Waals surface area contributed by atoms with Crippen molar-refractivity contribution in [2.45, 2.75) is 43.0 Å². The number of hydrogen-bond donors (Lipinski definition) is 0. The molecule has 132 valence electrons. The van der Waals surface area contributed by atoms with E-state index >= 15 is 0 Å². The second kappa shape index (κ2) is 7.46. The predicted molar refractivity (Wildman–Crippen MR) is 105 cm³/mol. The fourth-order valence-corrected chi connectivity index (χ4v) is 4.42. The number of ketones is 1. The van der Waals surface area contributed by atoms with Crippen LogP contribution in [0.1, 0.15) is 31.2 Å². The first-order valence-electron chi connectivity index (χ1n) is 8.99. The van der Waals surface area contributed by atoms with Crippen molar-refractivity contribution in [2.24, 2.45) is 0 Å². The van der Waals surface area contributed by atoms with Gasteiger partial charge in [-0.1, -0.05) is 66.2 Å². The van der Waals surface area contributed by atoms with Gasteiger partial charge in [-0.25, -0.2) is 0 Å². The lowest BCUT2D eigenvalue weighted by atomic mass is 9.99. The Bertz CT molecular complexity index is 903. The van der Waals surface area contributed by atoms with Crippen molar-refractivity contribution in [1.29, 1.82) is 0 Å². The van der Waals surface area contributed by atoms with Gasteiger partial charge in [0.25, 0.3) is 0 Å². The van der Waals surface area contributed by atoms with Gasteiger partial charge in [0.05, 0.1) is 5.25 Å². The van der Waals surface area contributed by atoms with Crippen LogP contribution in [0.25, 0.3) is 17.1 Å². The monoisotopic (exact) mass is 363 g/mol.